The minimum absolute atomic E-state index is 0.278. The highest BCUT2D eigenvalue weighted by Gasteiger charge is 2.43. The number of H-pyrrole nitrogens is 1. The fourth-order valence-electron chi connectivity index (χ4n) is 4.25. The molecule has 1 aliphatic rings. The summed E-state index contributed by atoms with van der Waals surface area (Å²) < 4.78 is 9.79. The number of carbonyl (C=O) groups excluding carboxylic acids is 3. The zero-order valence-electron chi connectivity index (χ0n) is 17.1. The summed E-state index contributed by atoms with van der Waals surface area (Å²) in [5, 5.41) is 0.987. The average Bonchev–Trinajstić information content (AvgIpc) is 3.19. The van der Waals surface area contributed by atoms with Gasteiger partial charge in [0.15, 0.2) is 0 Å². The molecule has 2 atom stereocenters. The average molecular weight is 441 g/mol. The van der Waals surface area contributed by atoms with Gasteiger partial charge in [-0.15, -0.1) is 11.6 Å². The van der Waals surface area contributed by atoms with Crippen LogP contribution in [0.15, 0.2) is 48.5 Å². The Morgan fingerprint density at radius 1 is 1.06 bits per heavy atom. The van der Waals surface area contributed by atoms with E-state index in [1.165, 1.54) is 19.1 Å². The maximum Gasteiger partial charge on any atom is 0.337 e. The van der Waals surface area contributed by atoms with Crippen LogP contribution in [0.5, 0.6) is 0 Å². The van der Waals surface area contributed by atoms with Crippen LogP contribution in [0.25, 0.3) is 10.9 Å². The molecule has 0 fully saturated rings. The van der Waals surface area contributed by atoms with Crippen LogP contribution in [0.3, 0.4) is 0 Å². The first-order chi connectivity index (χ1) is 15.0. The number of halogens is 1. The Labute approximate surface area is 183 Å². The van der Waals surface area contributed by atoms with Gasteiger partial charge in [0.25, 0.3) is 0 Å². The molecule has 31 heavy (non-hydrogen) atoms. The van der Waals surface area contributed by atoms with Crippen molar-refractivity contribution in [2.45, 2.75) is 18.5 Å². The van der Waals surface area contributed by atoms with Crippen molar-refractivity contribution in [1.29, 1.82) is 0 Å². The number of alkyl halides is 1. The van der Waals surface area contributed by atoms with Crippen molar-refractivity contribution in [3.63, 3.8) is 0 Å². The third-order valence-electron chi connectivity index (χ3n) is 5.65. The molecule has 0 aliphatic carbocycles. The number of benzene rings is 2. The van der Waals surface area contributed by atoms with E-state index in [4.69, 9.17) is 21.1 Å². The van der Waals surface area contributed by atoms with E-state index in [9.17, 15) is 14.4 Å². The summed E-state index contributed by atoms with van der Waals surface area (Å²) in [5.41, 5.74) is 3.79. The van der Waals surface area contributed by atoms with Gasteiger partial charge in [0.05, 0.1) is 25.8 Å². The minimum Gasteiger partial charge on any atom is -0.467 e. The molecule has 2 aromatic carbocycles. The SMILES string of the molecule is COC(=O)c1ccc([C@H]2c3[nH]c4ccccc4c3CC(C(=O)OC)N2C(=O)CCl)cc1. The van der Waals surface area contributed by atoms with Crippen LogP contribution in [-0.4, -0.2) is 53.9 Å². The summed E-state index contributed by atoms with van der Waals surface area (Å²) >= 11 is 5.93. The first kappa shape index (κ1) is 20.9. The van der Waals surface area contributed by atoms with E-state index < -0.39 is 24.0 Å². The quantitative estimate of drug-likeness (QED) is 0.497. The third kappa shape index (κ3) is 3.55. The van der Waals surface area contributed by atoms with Crippen LogP contribution in [0.2, 0.25) is 0 Å². The van der Waals surface area contributed by atoms with Gasteiger partial charge in [-0.3, -0.25) is 4.79 Å². The van der Waals surface area contributed by atoms with E-state index in [-0.39, 0.29) is 11.8 Å². The van der Waals surface area contributed by atoms with Crippen molar-refractivity contribution in [2.24, 2.45) is 0 Å². The van der Waals surface area contributed by atoms with Crippen LogP contribution in [0, 0.1) is 0 Å². The molecule has 0 saturated heterocycles. The minimum atomic E-state index is -0.826. The number of amides is 1. The second-order valence-electron chi connectivity index (χ2n) is 7.26. The fraction of sp³-hybridized carbons (Fsp3) is 0.261. The number of ether oxygens (including phenoxy) is 2. The van der Waals surface area contributed by atoms with Gasteiger partial charge in [-0.25, -0.2) is 9.59 Å². The number of rotatable bonds is 4. The number of methoxy groups -OCH3 is 2. The fourth-order valence-corrected chi connectivity index (χ4v) is 4.39. The molecule has 1 unspecified atom stereocenters. The monoisotopic (exact) mass is 440 g/mol. The van der Waals surface area contributed by atoms with Crippen molar-refractivity contribution >= 4 is 40.3 Å². The van der Waals surface area contributed by atoms with Crippen LogP contribution < -0.4 is 0 Å². The number of aromatic nitrogens is 1. The third-order valence-corrected chi connectivity index (χ3v) is 5.88. The number of aromatic amines is 1. The lowest BCUT2D eigenvalue weighted by Gasteiger charge is -2.40. The van der Waals surface area contributed by atoms with Crippen molar-refractivity contribution < 1.29 is 23.9 Å². The predicted molar refractivity (Wildman–Crippen MR) is 115 cm³/mol. The Kier molecular flexibility index (Phi) is 5.69. The molecule has 0 radical (unpaired) electrons. The van der Waals surface area contributed by atoms with Crippen molar-refractivity contribution in [2.75, 3.05) is 20.1 Å². The maximum absolute atomic E-state index is 12.9. The summed E-state index contributed by atoms with van der Waals surface area (Å²) in [7, 11) is 2.62. The van der Waals surface area contributed by atoms with Gasteiger partial charge in [0.2, 0.25) is 5.91 Å². The molecule has 3 aromatic rings. The lowest BCUT2D eigenvalue weighted by atomic mass is 9.87. The normalized spacial score (nSPS) is 17.8. The molecule has 1 aliphatic heterocycles. The van der Waals surface area contributed by atoms with E-state index in [0.717, 1.165) is 27.7 Å². The first-order valence-electron chi connectivity index (χ1n) is 9.72. The highest BCUT2D eigenvalue weighted by Crippen LogP contribution is 2.41. The standard InChI is InChI=1S/C23H21ClN2O5/c1-30-22(28)14-9-7-13(8-10-14)21-20-16(15-5-3-4-6-17(15)25-20)11-18(23(29)31-2)26(21)19(27)12-24/h3-10,18,21,25H,11-12H2,1-2H3/t18?,21-/m0/s1. The van der Waals surface area contributed by atoms with Crippen molar-refractivity contribution in [1.82, 2.24) is 9.88 Å². The van der Waals surface area contributed by atoms with Gasteiger partial charge < -0.3 is 19.4 Å². The van der Waals surface area contributed by atoms with E-state index in [1.54, 1.807) is 24.3 Å². The van der Waals surface area contributed by atoms with Crippen molar-refractivity contribution in [3.05, 3.63) is 70.9 Å². The topological polar surface area (TPSA) is 88.7 Å². The summed E-state index contributed by atoms with van der Waals surface area (Å²) in [5.74, 6) is -1.63. The number of nitrogens with zero attached hydrogens (tertiary/aromatic N) is 1. The zero-order valence-corrected chi connectivity index (χ0v) is 17.8. The van der Waals surface area contributed by atoms with Gasteiger partial charge in [-0.05, 0) is 29.3 Å². The van der Waals surface area contributed by atoms with Gasteiger partial charge in [-0.2, -0.15) is 0 Å². The molecule has 2 heterocycles. The van der Waals surface area contributed by atoms with Crippen LogP contribution in [0.1, 0.15) is 33.2 Å². The Hall–Kier alpha value is -3.32. The molecule has 7 nitrogen and oxygen atoms in total. The Morgan fingerprint density at radius 3 is 2.42 bits per heavy atom. The van der Waals surface area contributed by atoms with Crippen molar-refractivity contribution in [3.8, 4) is 0 Å². The Balaban J connectivity index is 1.92. The lowest BCUT2D eigenvalue weighted by molar-refractivity contribution is -0.154. The van der Waals surface area contributed by atoms with Crippen LogP contribution in [0.4, 0.5) is 0 Å². The molecule has 8 heteroatoms. The number of hydrogen-bond acceptors (Lipinski definition) is 5. The number of nitrogens with one attached hydrogen (secondary N) is 1. The number of hydrogen-bond donors (Lipinski definition) is 1. The molecule has 1 amide bonds. The zero-order chi connectivity index (χ0) is 22.1. The molecule has 0 bridgehead atoms. The number of carbonyl (C=O) groups is 3. The smallest absolute Gasteiger partial charge is 0.337 e. The molecule has 0 saturated carbocycles. The summed E-state index contributed by atoms with van der Waals surface area (Å²) in [6, 6.07) is 13.1. The van der Waals surface area contributed by atoms with E-state index in [1.807, 2.05) is 24.3 Å². The van der Waals surface area contributed by atoms with E-state index in [2.05, 4.69) is 4.98 Å². The molecular formula is C23H21ClN2O5. The summed E-state index contributed by atoms with van der Waals surface area (Å²) in [6.07, 6.45) is 0.311. The molecule has 0 spiro atoms. The predicted octanol–water partition coefficient (Wildman–Crippen LogP) is 3.21. The van der Waals surface area contributed by atoms with E-state index in [0.29, 0.717) is 12.0 Å². The molecule has 1 N–H and O–H groups in total. The van der Waals surface area contributed by atoms with Gasteiger partial charge >= 0.3 is 11.9 Å². The molecule has 4 rings (SSSR count). The summed E-state index contributed by atoms with van der Waals surface area (Å²) in [6.45, 7) is 0. The van der Waals surface area contributed by atoms with Crippen LogP contribution >= 0.6 is 11.6 Å². The largest absolute Gasteiger partial charge is 0.467 e. The first-order valence-corrected chi connectivity index (χ1v) is 10.3. The lowest BCUT2D eigenvalue weighted by Crippen LogP contribution is -2.52. The number of fused-ring (bicyclic) bond motifs is 3. The number of para-hydroxylation sites is 1. The van der Waals surface area contributed by atoms with Gasteiger partial charge in [-0.1, -0.05) is 30.3 Å². The van der Waals surface area contributed by atoms with Gasteiger partial charge in [0.1, 0.15) is 11.9 Å². The second kappa shape index (κ2) is 8.43. The highest BCUT2D eigenvalue weighted by molar-refractivity contribution is 6.27. The Morgan fingerprint density at radius 2 is 1.77 bits per heavy atom. The molecule has 160 valence electrons. The number of esters is 2. The molecule has 1 aromatic heterocycles. The highest BCUT2D eigenvalue weighted by atomic mass is 35.5. The van der Waals surface area contributed by atoms with Gasteiger partial charge in [0, 0.05) is 23.0 Å². The second-order valence-corrected chi connectivity index (χ2v) is 7.52. The summed E-state index contributed by atoms with van der Waals surface area (Å²) in [4.78, 5) is 42.4. The maximum atomic E-state index is 12.9. The van der Waals surface area contributed by atoms with E-state index >= 15 is 0 Å². The van der Waals surface area contributed by atoms with Crippen LogP contribution in [-0.2, 0) is 25.5 Å². The Bertz CT molecular complexity index is 1150. The molecular weight excluding hydrogens is 420 g/mol.